The number of terminal acetylenes is 1. The summed E-state index contributed by atoms with van der Waals surface area (Å²) >= 11 is 6.60. The smallest absolute Gasteiger partial charge is 0.0879 e. The fourth-order valence-corrected chi connectivity index (χ4v) is 5.62. The molecule has 0 saturated heterocycles. The number of aryl methyl sites for hydroxylation is 2. The van der Waals surface area contributed by atoms with Crippen molar-refractivity contribution >= 4 is 46.4 Å². The second kappa shape index (κ2) is 15.7. The summed E-state index contributed by atoms with van der Waals surface area (Å²) in [5, 5.41) is 15.5. The van der Waals surface area contributed by atoms with Crippen molar-refractivity contribution in [3.05, 3.63) is 93.9 Å². The number of aromatic amines is 1. The molecule has 1 unspecified atom stereocenters. The van der Waals surface area contributed by atoms with Crippen molar-refractivity contribution in [2.24, 2.45) is 10.9 Å². The molecule has 0 aliphatic rings. The average Bonchev–Trinajstić information content (AvgIpc) is 3.52. The van der Waals surface area contributed by atoms with E-state index in [1.807, 2.05) is 12.3 Å². The van der Waals surface area contributed by atoms with Crippen LogP contribution in [-0.4, -0.2) is 38.2 Å². The number of anilines is 1. The van der Waals surface area contributed by atoms with Gasteiger partial charge in [0.25, 0.3) is 0 Å². The average molecular weight is 583 g/mol. The monoisotopic (exact) mass is 582 g/mol. The highest BCUT2D eigenvalue weighted by Crippen LogP contribution is 2.40. The van der Waals surface area contributed by atoms with Crippen molar-refractivity contribution in [2.75, 3.05) is 25.5 Å². The van der Waals surface area contributed by atoms with Gasteiger partial charge in [-0.15, -0.1) is 6.42 Å². The number of aliphatic imine (C=N–C) groups is 1. The Morgan fingerprint density at radius 3 is 2.50 bits per heavy atom. The van der Waals surface area contributed by atoms with Crippen LogP contribution in [0.2, 0.25) is 5.02 Å². The van der Waals surface area contributed by atoms with Gasteiger partial charge in [0.05, 0.1) is 16.9 Å². The largest absolute Gasteiger partial charge is 0.388 e. The van der Waals surface area contributed by atoms with E-state index in [9.17, 15) is 0 Å². The molecule has 1 heterocycles. The zero-order valence-corrected chi connectivity index (χ0v) is 26.2. The Morgan fingerprint density at radius 1 is 1.19 bits per heavy atom. The van der Waals surface area contributed by atoms with Crippen molar-refractivity contribution in [3.63, 3.8) is 0 Å². The number of likely N-dealkylation sites (N-methyl/N-ethyl adjacent to an activating group) is 1. The molecule has 0 amide bonds. The summed E-state index contributed by atoms with van der Waals surface area (Å²) in [5.41, 5.74) is 9.44. The molecule has 0 saturated carbocycles. The summed E-state index contributed by atoms with van der Waals surface area (Å²) in [5.74, 6) is 2.99. The van der Waals surface area contributed by atoms with Gasteiger partial charge in [0.15, 0.2) is 0 Å². The van der Waals surface area contributed by atoms with Crippen LogP contribution < -0.4 is 15.5 Å². The summed E-state index contributed by atoms with van der Waals surface area (Å²) in [4.78, 5) is 9.95. The van der Waals surface area contributed by atoms with Crippen LogP contribution in [0, 0.1) is 23.7 Å². The van der Waals surface area contributed by atoms with Gasteiger partial charge in [-0.3, -0.25) is 0 Å². The Balaban J connectivity index is 2.08. The lowest BCUT2D eigenvalue weighted by Crippen LogP contribution is -2.24. The third-order valence-corrected chi connectivity index (χ3v) is 7.95. The Labute approximate surface area is 256 Å². The minimum atomic E-state index is -0.103. The van der Waals surface area contributed by atoms with Crippen LogP contribution in [0.3, 0.4) is 0 Å². The number of allylic oxidation sites excluding steroid dienone is 2. The predicted octanol–water partition coefficient (Wildman–Crippen LogP) is 7.73. The summed E-state index contributed by atoms with van der Waals surface area (Å²) < 4.78 is 0. The van der Waals surface area contributed by atoms with E-state index in [-0.39, 0.29) is 5.92 Å². The zero-order valence-electron chi connectivity index (χ0n) is 25.4. The molecule has 1 atom stereocenters. The van der Waals surface area contributed by atoms with Gasteiger partial charge in [-0.25, -0.2) is 4.99 Å². The lowest BCUT2D eigenvalue weighted by molar-refractivity contribution is 0.658. The molecule has 0 spiro atoms. The molecule has 0 aliphatic carbocycles. The second-order valence-corrected chi connectivity index (χ2v) is 10.4. The molecule has 6 nitrogen and oxygen atoms in total. The van der Waals surface area contributed by atoms with Crippen LogP contribution in [-0.2, 0) is 12.8 Å². The van der Waals surface area contributed by atoms with Crippen molar-refractivity contribution < 1.29 is 0 Å². The molecule has 0 aliphatic heterocycles. The highest BCUT2D eigenvalue weighted by atomic mass is 35.5. The van der Waals surface area contributed by atoms with Crippen LogP contribution >= 0.6 is 11.6 Å². The van der Waals surface area contributed by atoms with Crippen LogP contribution in [0.1, 0.15) is 50.3 Å². The minimum Gasteiger partial charge on any atom is -0.388 e. The van der Waals surface area contributed by atoms with Crippen LogP contribution in [0.4, 0.5) is 5.69 Å². The van der Waals surface area contributed by atoms with E-state index < -0.39 is 0 Å². The Hall–Kier alpha value is -4.21. The van der Waals surface area contributed by atoms with Gasteiger partial charge < -0.3 is 25.9 Å². The molecular formula is C35H43ClN6. The Bertz CT molecular complexity index is 1510. The topological polar surface area (TPSA) is 79.3 Å². The number of benzene rings is 2. The number of H-pyrrole nitrogens is 1. The number of rotatable bonds is 15. The maximum absolute atomic E-state index is 7.54. The minimum absolute atomic E-state index is 0.103. The lowest BCUT2D eigenvalue weighted by Gasteiger charge is -2.32. The van der Waals surface area contributed by atoms with E-state index in [0.29, 0.717) is 22.8 Å². The highest BCUT2D eigenvalue weighted by Gasteiger charge is 2.24. The summed E-state index contributed by atoms with van der Waals surface area (Å²) in [6, 6.07) is 12.8. The molecular weight excluding hydrogens is 540 g/mol. The first-order valence-electron chi connectivity index (χ1n) is 14.5. The number of nitrogens with zero attached hydrogens (tertiary/aromatic N) is 2. The van der Waals surface area contributed by atoms with Gasteiger partial charge in [-0.2, -0.15) is 0 Å². The number of hydrogen-bond donors (Lipinski definition) is 4. The normalized spacial score (nSPS) is 13.0. The summed E-state index contributed by atoms with van der Waals surface area (Å²) in [6.07, 6.45) is 16.0. The number of hydrogen-bond acceptors (Lipinski definition) is 4. The van der Waals surface area contributed by atoms with Crippen LogP contribution in [0.15, 0.2) is 77.2 Å². The van der Waals surface area contributed by atoms with Gasteiger partial charge in [0.1, 0.15) is 0 Å². The van der Waals surface area contributed by atoms with Crippen molar-refractivity contribution in [1.82, 2.24) is 15.6 Å². The van der Waals surface area contributed by atoms with E-state index in [2.05, 4.69) is 96.2 Å². The first kappa shape index (κ1) is 32.3. The van der Waals surface area contributed by atoms with Gasteiger partial charge >= 0.3 is 0 Å². The third kappa shape index (κ3) is 7.16. The fraction of sp³-hybridized carbons (Fsp3) is 0.314. The van der Waals surface area contributed by atoms with Crippen molar-refractivity contribution in [2.45, 2.75) is 46.5 Å². The molecule has 3 rings (SSSR count). The first-order valence-corrected chi connectivity index (χ1v) is 14.9. The van der Waals surface area contributed by atoms with Crippen molar-refractivity contribution in [3.8, 4) is 12.3 Å². The van der Waals surface area contributed by atoms with Gasteiger partial charge in [-0.1, -0.05) is 69.1 Å². The molecule has 7 heteroatoms. The second-order valence-electron chi connectivity index (χ2n) is 9.98. The summed E-state index contributed by atoms with van der Waals surface area (Å²) in [6.45, 7) is 11.1. The van der Waals surface area contributed by atoms with Gasteiger partial charge in [0, 0.05) is 78.8 Å². The number of nitrogens with one attached hydrogen (secondary N) is 4. The number of halogens is 1. The molecule has 2 aromatic carbocycles. The quantitative estimate of drug-likeness (QED) is 0.0487. The maximum Gasteiger partial charge on any atom is 0.0879 e. The number of aromatic nitrogens is 1. The molecule has 1 aromatic heterocycles. The van der Waals surface area contributed by atoms with Crippen molar-refractivity contribution in [1.29, 1.82) is 5.41 Å². The molecule has 220 valence electrons. The van der Waals surface area contributed by atoms with Crippen LogP contribution in [0.5, 0.6) is 0 Å². The van der Waals surface area contributed by atoms with E-state index in [0.717, 1.165) is 47.8 Å². The van der Waals surface area contributed by atoms with Gasteiger partial charge in [0.2, 0.25) is 0 Å². The first-order chi connectivity index (χ1) is 20.4. The Morgan fingerprint density at radius 2 is 1.90 bits per heavy atom. The summed E-state index contributed by atoms with van der Waals surface area (Å²) in [7, 11) is 3.93. The molecule has 3 aromatic rings. The molecule has 4 N–H and O–H groups in total. The molecule has 0 fully saturated rings. The SMILES string of the molecule is C#CC(CCN/C=N/C=C(\C=N)C(=C)NC)/C(CC)=C(/c1ccc(Cl)c2[nH]ccc12)N(C)c1c(CC)cccc1CC. The molecule has 0 radical (unpaired) electrons. The molecule has 0 bridgehead atoms. The standard InChI is InChI=1S/C35H43ClN6/c1-8-25(17-19-39-23-40-22-28(21-37)24(5)38-6)29(11-4)35(31-15-16-32(36)33-30(31)18-20-41-33)42(7)34-26(9-2)13-12-14-27(34)10-3/h1,12-16,18,20-23,25,37-38,41H,5,9-11,17,19H2,2-4,6-7H3,(H,39,40)/b28-22+,35-29-,37-21?. The van der Waals surface area contributed by atoms with E-state index in [1.54, 1.807) is 19.6 Å². The zero-order chi connectivity index (χ0) is 30.6. The van der Waals surface area contributed by atoms with E-state index in [4.69, 9.17) is 23.4 Å². The van der Waals surface area contributed by atoms with E-state index >= 15 is 0 Å². The third-order valence-electron chi connectivity index (χ3n) is 7.63. The number of para-hydroxylation sites is 1. The highest BCUT2D eigenvalue weighted by molar-refractivity contribution is 6.35. The Kier molecular flexibility index (Phi) is 12.1. The molecule has 42 heavy (non-hydrogen) atoms. The fourth-order valence-electron chi connectivity index (χ4n) is 5.40. The van der Waals surface area contributed by atoms with E-state index in [1.165, 1.54) is 28.6 Å². The predicted molar refractivity (Wildman–Crippen MR) is 183 cm³/mol. The van der Waals surface area contributed by atoms with Gasteiger partial charge in [-0.05, 0) is 54.5 Å². The maximum atomic E-state index is 7.54. The van der Waals surface area contributed by atoms with Crippen LogP contribution in [0.25, 0.3) is 16.6 Å². The lowest BCUT2D eigenvalue weighted by atomic mass is 9.88. The number of fused-ring (bicyclic) bond motifs is 1.